The Morgan fingerprint density at radius 3 is 2.93 bits per heavy atom. The molecule has 7 nitrogen and oxygen atoms in total. The highest BCUT2D eigenvalue weighted by Crippen LogP contribution is 2.24. The molecular formula is C17H27Cl2N5O2S. The van der Waals surface area contributed by atoms with E-state index in [1.165, 1.54) is 0 Å². The van der Waals surface area contributed by atoms with Gasteiger partial charge in [0.25, 0.3) is 0 Å². The highest BCUT2D eigenvalue weighted by atomic mass is 35.5. The van der Waals surface area contributed by atoms with E-state index in [0.29, 0.717) is 19.6 Å². The van der Waals surface area contributed by atoms with Crippen LogP contribution in [0.3, 0.4) is 0 Å². The first-order chi connectivity index (χ1) is 12.1. The first kappa shape index (κ1) is 23.8. The normalized spacial score (nSPS) is 17.7. The zero-order valence-corrected chi connectivity index (χ0v) is 18.2. The molecule has 3 rings (SSSR count). The lowest BCUT2D eigenvalue weighted by molar-refractivity contribution is -0.134. The molecule has 27 heavy (non-hydrogen) atoms. The summed E-state index contributed by atoms with van der Waals surface area (Å²) in [6, 6.07) is -0.0401. The Morgan fingerprint density at radius 1 is 1.48 bits per heavy atom. The van der Waals surface area contributed by atoms with Crippen LogP contribution in [-0.2, 0) is 23.0 Å². The molecule has 10 heteroatoms. The molecule has 0 aliphatic carbocycles. The van der Waals surface area contributed by atoms with Crippen LogP contribution in [0.1, 0.15) is 42.5 Å². The maximum atomic E-state index is 12.9. The maximum absolute atomic E-state index is 12.9. The molecule has 0 bridgehead atoms. The van der Waals surface area contributed by atoms with Crippen molar-refractivity contribution in [3.05, 3.63) is 34.3 Å². The van der Waals surface area contributed by atoms with Crippen LogP contribution >= 0.6 is 36.2 Å². The van der Waals surface area contributed by atoms with Crippen LogP contribution in [0.4, 0.5) is 0 Å². The molecule has 0 saturated carbocycles. The van der Waals surface area contributed by atoms with E-state index in [4.69, 9.17) is 4.74 Å². The van der Waals surface area contributed by atoms with Gasteiger partial charge >= 0.3 is 0 Å². The van der Waals surface area contributed by atoms with Crippen molar-refractivity contribution in [2.45, 2.75) is 32.4 Å². The van der Waals surface area contributed by atoms with Gasteiger partial charge in [-0.3, -0.25) is 4.79 Å². The number of nitrogens with one attached hydrogen (secondary N) is 1. The molecule has 152 valence electrons. The number of thiazole rings is 1. The second kappa shape index (κ2) is 11.0. The summed E-state index contributed by atoms with van der Waals surface area (Å²) >= 11 is 1.55. The Kier molecular flexibility index (Phi) is 9.69. The molecule has 2 aromatic rings. The molecule has 0 aromatic carbocycles. The lowest BCUT2D eigenvalue weighted by Gasteiger charge is -2.35. The van der Waals surface area contributed by atoms with Crippen LogP contribution in [0, 0.1) is 0 Å². The van der Waals surface area contributed by atoms with Gasteiger partial charge in [-0.25, -0.2) is 9.97 Å². The largest absolute Gasteiger partial charge is 0.372 e. The molecule has 1 fully saturated rings. The molecule has 0 radical (unpaired) electrons. The van der Waals surface area contributed by atoms with Crippen LogP contribution in [-0.4, -0.2) is 51.6 Å². The topological polar surface area (TPSA) is 72.3 Å². The van der Waals surface area contributed by atoms with E-state index in [-0.39, 0.29) is 42.9 Å². The van der Waals surface area contributed by atoms with E-state index in [9.17, 15) is 4.79 Å². The van der Waals surface area contributed by atoms with Crippen molar-refractivity contribution in [1.29, 1.82) is 0 Å². The second-order valence-corrected chi connectivity index (χ2v) is 7.04. The molecule has 1 amide bonds. The summed E-state index contributed by atoms with van der Waals surface area (Å²) in [5.41, 5.74) is 0.814. The molecule has 3 heterocycles. The van der Waals surface area contributed by atoms with Crippen LogP contribution in [0.15, 0.2) is 17.8 Å². The van der Waals surface area contributed by atoms with Gasteiger partial charge in [0.2, 0.25) is 5.91 Å². The maximum Gasteiger partial charge on any atom is 0.229 e. The molecule has 1 aliphatic rings. The number of carbonyl (C=O) groups is 1. The smallest absolute Gasteiger partial charge is 0.229 e. The molecule has 2 atom stereocenters. The first-order valence-electron chi connectivity index (χ1n) is 8.63. The van der Waals surface area contributed by atoms with Crippen molar-refractivity contribution in [3.8, 4) is 0 Å². The average Bonchev–Trinajstić information content (AvgIpc) is 3.24. The lowest BCUT2D eigenvalue weighted by Crippen LogP contribution is -2.49. The van der Waals surface area contributed by atoms with E-state index >= 15 is 0 Å². The summed E-state index contributed by atoms with van der Waals surface area (Å²) in [4.78, 5) is 23.8. The molecule has 2 unspecified atom stereocenters. The van der Waals surface area contributed by atoms with E-state index in [1.54, 1.807) is 17.5 Å². The Morgan fingerprint density at radius 2 is 2.26 bits per heavy atom. The van der Waals surface area contributed by atoms with Crippen LogP contribution in [0.25, 0.3) is 0 Å². The van der Waals surface area contributed by atoms with Crippen LogP contribution < -0.4 is 5.32 Å². The Hall–Kier alpha value is -1.19. The van der Waals surface area contributed by atoms with Crippen molar-refractivity contribution in [1.82, 2.24) is 24.8 Å². The van der Waals surface area contributed by atoms with Crippen molar-refractivity contribution in [2.75, 3.05) is 26.2 Å². The van der Waals surface area contributed by atoms with Crippen molar-refractivity contribution >= 4 is 42.1 Å². The number of hydrogen-bond donors (Lipinski definition) is 1. The number of nitrogens with zero attached hydrogens (tertiary/aromatic N) is 4. The summed E-state index contributed by atoms with van der Waals surface area (Å²) in [6.07, 6.45) is 3.97. The van der Waals surface area contributed by atoms with Gasteiger partial charge < -0.3 is 19.5 Å². The number of rotatable bonds is 6. The van der Waals surface area contributed by atoms with Crippen molar-refractivity contribution in [3.63, 3.8) is 0 Å². The third kappa shape index (κ3) is 5.65. The second-order valence-electron chi connectivity index (χ2n) is 6.15. The van der Waals surface area contributed by atoms with E-state index in [2.05, 4.69) is 15.3 Å². The number of amides is 1. The summed E-state index contributed by atoms with van der Waals surface area (Å²) in [5.74, 6) is 1.000. The Bertz CT molecular complexity index is 724. The van der Waals surface area contributed by atoms with Gasteiger partial charge in [0.05, 0.1) is 12.1 Å². The number of hydrogen-bond acceptors (Lipinski definition) is 6. The number of halogens is 2. The van der Waals surface area contributed by atoms with Gasteiger partial charge in [-0.2, -0.15) is 0 Å². The van der Waals surface area contributed by atoms with E-state index < -0.39 is 0 Å². The predicted octanol–water partition coefficient (Wildman–Crippen LogP) is 2.53. The van der Waals surface area contributed by atoms with Gasteiger partial charge in [0.1, 0.15) is 23.0 Å². The molecule has 1 saturated heterocycles. The fourth-order valence-electron chi connectivity index (χ4n) is 3.10. The fourth-order valence-corrected chi connectivity index (χ4v) is 3.92. The van der Waals surface area contributed by atoms with Crippen molar-refractivity contribution in [2.24, 2.45) is 7.05 Å². The van der Waals surface area contributed by atoms with E-state index in [0.717, 1.165) is 29.6 Å². The predicted molar refractivity (Wildman–Crippen MR) is 111 cm³/mol. The molecule has 1 aliphatic heterocycles. The zero-order valence-electron chi connectivity index (χ0n) is 15.8. The number of aromatic nitrogens is 3. The monoisotopic (exact) mass is 435 g/mol. The molecule has 0 spiro atoms. The van der Waals surface area contributed by atoms with Gasteiger partial charge in [-0.15, -0.1) is 36.2 Å². The minimum atomic E-state index is -0.0401. The molecule has 2 aromatic heterocycles. The third-order valence-electron chi connectivity index (χ3n) is 4.39. The SMILES string of the molecule is CCOC(C)c1nc(CC(=O)N2CCNCC2c2nccn2C)cs1.Cl.Cl. The number of carbonyl (C=O) groups excluding carboxylic acids is 1. The van der Waals surface area contributed by atoms with Gasteiger partial charge in [-0.1, -0.05) is 0 Å². The summed E-state index contributed by atoms with van der Waals surface area (Å²) in [5, 5.41) is 6.24. The van der Waals surface area contributed by atoms with Crippen molar-refractivity contribution < 1.29 is 9.53 Å². The minimum Gasteiger partial charge on any atom is -0.372 e. The van der Waals surface area contributed by atoms with Gasteiger partial charge in [0, 0.05) is 51.1 Å². The summed E-state index contributed by atoms with van der Waals surface area (Å²) in [7, 11) is 1.96. The zero-order chi connectivity index (χ0) is 17.8. The number of aryl methyl sites for hydroxylation is 1. The average molecular weight is 436 g/mol. The van der Waals surface area contributed by atoms with Gasteiger partial charge in [-0.05, 0) is 13.8 Å². The number of imidazole rings is 1. The Labute approximate surface area is 176 Å². The summed E-state index contributed by atoms with van der Waals surface area (Å²) < 4.78 is 7.55. The first-order valence-corrected chi connectivity index (χ1v) is 9.51. The quantitative estimate of drug-likeness (QED) is 0.754. The standard InChI is InChI=1S/C17H25N5O2S.2ClH/c1-4-24-12(2)17-20-13(11-25-17)9-15(23)22-8-5-18-10-14(22)16-19-6-7-21(16)3;;/h6-7,11-12,14,18H,4-5,8-10H2,1-3H3;2*1H. The highest BCUT2D eigenvalue weighted by molar-refractivity contribution is 7.09. The van der Waals surface area contributed by atoms with Crippen LogP contribution in [0.2, 0.25) is 0 Å². The Balaban J connectivity index is 0.00000182. The number of piperazine rings is 1. The molecular weight excluding hydrogens is 409 g/mol. The van der Waals surface area contributed by atoms with Crippen LogP contribution in [0.5, 0.6) is 0 Å². The van der Waals surface area contributed by atoms with Gasteiger partial charge in [0.15, 0.2) is 0 Å². The fraction of sp³-hybridized carbons (Fsp3) is 0.588. The third-order valence-corrected chi connectivity index (χ3v) is 5.44. The molecule has 1 N–H and O–H groups in total. The highest BCUT2D eigenvalue weighted by Gasteiger charge is 2.30. The number of ether oxygens (including phenoxy) is 1. The lowest BCUT2D eigenvalue weighted by atomic mass is 10.1. The minimum absolute atomic E-state index is 0. The summed E-state index contributed by atoms with van der Waals surface area (Å²) in [6.45, 7) is 6.82. The van der Waals surface area contributed by atoms with E-state index in [1.807, 2.05) is 41.9 Å².